The van der Waals surface area contributed by atoms with Crippen molar-refractivity contribution in [1.29, 1.82) is 0 Å². The van der Waals surface area contributed by atoms with E-state index in [0.29, 0.717) is 43.2 Å². The Kier molecular flexibility index (Phi) is 4.18. The van der Waals surface area contributed by atoms with Gasteiger partial charge in [-0.25, -0.2) is 8.78 Å². The van der Waals surface area contributed by atoms with Gasteiger partial charge in [0.2, 0.25) is 11.8 Å². The fourth-order valence-electron chi connectivity index (χ4n) is 2.88. The molecule has 140 valence electrons. The summed E-state index contributed by atoms with van der Waals surface area (Å²) in [6.07, 6.45) is 0.748. The topological polar surface area (TPSA) is 76.7 Å². The lowest BCUT2D eigenvalue weighted by atomic mass is 10.0. The summed E-state index contributed by atoms with van der Waals surface area (Å²) in [5, 5.41) is 5.19. The SMILES string of the molecule is O=C(Nc1ccc(F)c(F)c1)C1(C(=O)Nc2ccc3c(c2)OCCO3)CC1. The van der Waals surface area contributed by atoms with Crippen molar-refractivity contribution in [3.63, 3.8) is 0 Å². The van der Waals surface area contributed by atoms with Crippen LogP contribution in [0.2, 0.25) is 0 Å². The number of halogens is 2. The molecule has 2 amide bonds. The zero-order valence-corrected chi connectivity index (χ0v) is 14.2. The van der Waals surface area contributed by atoms with Gasteiger partial charge in [-0.2, -0.15) is 0 Å². The van der Waals surface area contributed by atoms with Crippen molar-refractivity contribution >= 4 is 23.2 Å². The van der Waals surface area contributed by atoms with Crippen molar-refractivity contribution in [2.75, 3.05) is 23.8 Å². The zero-order valence-electron chi connectivity index (χ0n) is 14.2. The van der Waals surface area contributed by atoms with Crippen LogP contribution < -0.4 is 20.1 Å². The number of nitrogens with one attached hydrogen (secondary N) is 2. The minimum absolute atomic E-state index is 0.0947. The van der Waals surface area contributed by atoms with Gasteiger partial charge in [0, 0.05) is 23.5 Å². The fraction of sp³-hybridized carbons (Fsp3) is 0.263. The fourth-order valence-corrected chi connectivity index (χ4v) is 2.88. The van der Waals surface area contributed by atoms with E-state index in [1.54, 1.807) is 18.2 Å². The first-order valence-electron chi connectivity index (χ1n) is 8.45. The number of hydrogen-bond acceptors (Lipinski definition) is 4. The quantitative estimate of drug-likeness (QED) is 0.807. The van der Waals surface area contributed by atoms with Gasteiger partial charge in [-0.1, -0.05) is 0 Å². The van der Waals surface area contributed by atoms with E-state index in [0.717, 1.165) is 12.1 Å². The summed E-state index contributed by atoms with van der Waals surface area (Å²) in [7, 11) is 0. The van der Waals surface area contributed by atoms with Crippen molar-refractivity contribution in [3.05, 3.63) is 48.0 Å². The van der Waals surface area contributed by atoms with Gasteiger partial charge in [-0.15, -0.1) is 0 Å². The predicted octanol–water partition coefficient (Wildman–Crippen LogP) is 3.09. The molecule has 4 rings (SSSR count). The van der Waals surface area contributed by atoms with Crippen molar-refractivity contribution in [3.8, 4) is 11.5 Å². The van der Waals surface area contributed by atoms with Gasteiger partial charge < -0.3 is 20.1 Å². The van der Waals surface area contributed by atoms with E-state index in [-0.39, 0.29) is 5.69 Å². The predicted molar refractivity (Wildman–Crippen MR) is 92.7 cm³/mol. The third kappa shape index (κ3) is 3.30. The Bertz CT molecular complexity index is 928. The Labute approximate surface area is 153 Å². The molecule has 0 radical (unpaired) electrons. The highest BCUT2D eigenvalue weighted by Crippen LogP contribution is 2.47. The molecule has 0 aromatic heterocycles. The second-order valence-electron chi connectivity index (χ2n) is 6.48. The normalized spacial score (nSPS) is 16.4. The van der Waals surface area contributed by atoms with Gasteiger partial charge in [-0.3, -0.25) is 9.59 Å². The molecule has 0 spiro atoms. The number of anilines is 2. The first kappa shape index (κ1) is 17.3. The molecule has 1 aliphatic heterocycles. The van der Waals surface area contributed by atoms with E-state index in [1.807, 2.05) is 0 Å². The summed E-state index contributed by atoms with van der Waals surface area (Å²) in [5.41, 5.74) is -0.647. The lowest BCUT2D eigenvalue weighted by molar-refractivity contribution is -0.131. The molecule has 8 heteroatoms. The smallest absolute Gasteiger partial charge is 0.240 e. The summed E-state index contributed by atoms with van der Waals surface area (Å²) in [5.74, 6) is -1.97. The highest BCUT2D eigenvalue weighted by atomic mass is 19.2. The Balaban J connectivity index is 1.46. The Morgan fingerprint density at radius 3 is 2.04 bits per heavy atom. The Hall–Kier alpha value is -3.16. The third-order valence-electron chi connectivity index (χ3n) is 4.60. The summed E-state index contributed by atoms with van der Waals surface area (Å²) < 4.78 is 37.2. The highest BCUT2D eigenvalue weighted by molar-refractivity contribution is 6.16. The minimum Gasteiger partial charge on any atom is -0.486 e. The third-order valence-corrected chi connectivity index (χ3v) is 4.60. The molecule has 1 fully saturated rings. The van der Waals surface area contributed by atoms with Crippen LogP contribution >= 0.6 is 0 Å². The van der Waals surface area contributed by atoms with Crippen LogP contribution in [0.4, 0.5) is 20.2 Å². The summed E-state index contributed by atoms with van der Waals surface area (Å²) >= 11 is 0. The van der Waals surface area contributed by atoms with Gasteiger partial charge in [0.1, 0.15) is 18.6 Å². The molecule has 6 nitrogen and oxygen atoms in total. The monoisotopic (exact) mass is 374 g/mol. The van der Waals surface area contributed by atoms with E-state index >= 15 is 0 Å². The van der Waals surface area contributed by atoms with E-state index in [2.05, 4.69) is 10.6 Å². The molecule has 0 bridgehead atoms. The molecule has 0 saturated heterocycles. The number of benzene rings is 2. The molecular weight excluding hydrogens is 358 g/mol. The minimum atomic E-state index is -1.22. The first-order chi connectivity index (χ1) is 13.0. The molecule has 27 heavy (non-hydrogen) atoms. The van der Waals surface area contributed by atoms with Gasteiger partial charge >= 0.3 is 0 Å². The summed E-state index contributed by atoms with van der Waals surface area (Å²) in [4.78, 5) is 25.2. The number of ether oxygens (including phenoxy) is 2. The van der Waals surface area contributed by atoms with Gasteiger partial charge in [0.15, 0.2) is 23.1 Å². The van der Waals surface area contributed by atoms with Crippen molar-refractivity contribution < 1.29 is 27.8 Å². The first-order valence-corrected chi connectivity index (χ1v) is 8.45. The number of hydrogen-bond donors (Lipinski definition) is 2. The lowest BCUT2D eigenvalue weighted by Crippen LogP contribution is -2.35. The van der Waals surface area contributed by atoms with Gasteiger partial charge in [0.05, 0.1) is 0 Å². The lowest BCUT2D eigenvalue weighted by Gasteiger charge is -2.20. The van der Waals surface area contributed by atoms with Crippen LogP contribution in [0.25, 0.3) is 0 Å². The Morgan fingerprint density at radius 1 is 0.815 bits per heavy atom. The van der Waals surface area contributed by atoms with E-state index < -0.39 is 28.9 Å². The molecule has 1 aliphatic carbocycles. The summed E-state index contributed by atoms with van der Waals surface area (Å²) in [6, 6.07) is 8.02. The molecular formula is C19H16F2N2O4. The standard InChI is InChI=1S/C19H16F2N2O4/c20-13-3-1-11(9-14(13)21)22-17(24)19(5-6-19)18(25)23-12-2-4-15-16(10-12)27-8-7-26-15/h1-4,9-10H,5-8H2,(H,22,24)(H,23,25). The summed E-state index contributed by atoms with van der Waals surface area (Å²) in [6.45, 7) is 0.886. The van der Waals surface area contributed by atoms with E-state index in [1.165, 1.54) is 6.07 Å². The number of fused-ring (bicyclic) bond motifs is 1. The van der Waals surface area contributed by atoms with Crippen LogP contribution in [-0.2, 0) is 9.59 Å². The number of carbonyl (C=O) groups excluding carboxylic acids is 2. The molecule has 2 aliphatic rings. The van der Waals surface area contributed by atoms with Crippen LogP contribution in [-0.4, -0.2) is 25.0 Å². The average molecular weight is 374 g/mol. The van der Waals surface area contributed by atoms with Crippen LogP contribution in [0, 0.1) is 17.0 Å². The van der Waals surface area contributed by atoms with Crippen LogP contribution in [0.3, 0.4) is 0 Å². The molecule has 2 N–H and O–H groups in total. The second kappa shape index (κ2) is 6.53. The molecule has 1 saturated carbocycles. The van der Waals surface area contributed by atoms with Crippen molar-refractivity contribution in [2.45, 2.75) is 12.8 Å². The van der Waals surface area contributed by atoms with Crippen molar-refractivity contribution in [2.24, 2.45) is 5.41 Å². The van der Waals surface area contributed by atoms with Crippen LogP contribution in [0.5, 0.6) is 11.5 Å². The number of rotatable bonds is 4. The number of amides is 2. The molecule has 2 aromatic carbocycles. The maximum Gasteiger partial charge on any atom is 0.240 e. The van der Waals surface area contributed by atoms with Crippen molar-refractivity contribution in [1.82, 2.24) is 0 Å². The largest absolute Gasteiger partial charge is 0.486 e. The maximum absolute atomic E-state index is 13.3. The molecule has 1 heterocycles. The molecule has 0 atom stereocenters. The average Bonchev–Trinajstić information content (AvgIpc) is 3.47. The van der Waals surface area contributed by atoms with Crippen LogP contribution in [0.1, 0.15) is 12.8 Å². The molecule has 0 unspecified atom stereocenters. The zero-order chi connectivity index (χ0) is 19.0. The maximum atomic E-state index is 13.3. The van der Waals surface area contributed by atoms with E-state index in [4.69, 9.17) is 9.47 Å². The van der Waals surface area contributed by atoms with E-state index in [9.17, 15) is 18.4 Å². The van der Waals surface area contributed by atoms with Gasteiger partial charge in [0.25, 0.3) is 0 Å². The van der Waals surface area contributed by atoms with Gasteiger partial charge in [-0.05, 0) is 37.1 Å². The highest BCUT2D eigenvalue weighted by Gasteiger charge is 2.56. The van der Waals surface area contributed by atoms with Crippen LogP contribution in [0.15, 0.2) is 36.4 Å². The second-order valence-corrected chi connectivity index (χ2v) is 6.48. The number of carbonyl (C=O) groups is 2. The Morgan fingerprint density at radius 2 is 1.41 bits per heavy atom. The molecule has 2 aromatic rings.